The lowest BCUT2D eigenvalue weighted by molar-refractivity contribution is 0.404. The smallest absolute Gasteiger partial charge is 0.183 e. The van der Waals surface area contributed by atoms with Crippen molar-refractivity contribution in [3.05, 3.63) is 21.0 Å². The summed E-state index contributed by atoms with van der Waals surface area (Å²) >= 11 is 6.70. The van der Waals surface area contributed by atoms with E-state index < -0.39 is 0 Å². The molecule has 78 valence electrons. The van der Waals surface area contributed by atoms with Crippen molar-refractivity contribution in [1.82, 2.24) is 5.32 Å². The molecule has 1 saturated carbocycles. The molecule has 0 radical (unpaired) electrons. The Balaban J connectivity index is 2.08. The Morgan fingerprint density at radius 2 is 2.29 bits per heavy atom. The van der Waals surface area contributed by atoms with Crippen molar-refractivity contribution in [2.75, 3.05) is 6.54 Å². The van der Waals surface area contributed by atoms with Gasteiger partial charge < -0.3 is 15.5 Å². The van der Waals surface area contributed by atoms with Crippen molar-refractivity contribution in [2.45, 2.75) is 24.9 Å². The van der Waals surface area contributed by atoms with Crippen LogP contribution in [0, 0.1) is 0 Å². The minimum absolute atomic E-state index is 0.130. The van der Waals surface area contributed by atoms with Gasteiger partial charge in [0.15, 0.2) is 4.67 Å². The lowest BCUT2D eigenvalue weighted by Crippen LogP contribution is -2.29. The molecule has 1 aliphatic carbocycles. The Hall–Kier alpha value is 0.160. The van der Waals surface area contributed by atoms with Gasteiger partial charge in [-0.2, -0.15) is 0 Å². The predicted octanol–water partition coefficient (Wildman–Crippen LogP) is 2.56. The number of hydrogen-bond donors (Lipinski definition) is 2. The van der Waals surface area contributed by atoms with Crippen LogP contribution in [0.15, 0.2) is 19.6 Å². The van der Waals surface area contributed by atoms with E-state index >= 15 is 0 Å². The van der Waals surface area contributed by atoms with Crippen LogP contribution in [0.3, 0.4) is 0 Å². The summed E-state index contributed by atoms with van der Waals surface area (Å²) in [6.45, 7) is 0.558. The van der Waals surface area contributed by atoms with Gasteiger partial charge in [0.25, 0.3) is 0 Å². The predicted molar refractivity (Wildman–Crippen MR) is 62.1 cm³/mol. The maximum Gasteiger partial charge on any atom is 0.183 e. The molecule has 1 fully saturated rings. The third-order valence-corrected chi connectivity index (χ3v) is 3.97. The first-order chi connectivity index (χ1) is 6.70. The van der Waals surface area contributed by atoms with Crippen LogP contribution in [0.4, 0.5) is 0 Å². The molecular formula is C9H12Br2N2O. The van der Waals surface area contributed by atoms with Gasteiger partial charge in [-0.1, -0.05) is 0 Å². The van der Waals surface area contributed by atoms with Crippen LogP contribution in [-0.2, 0) is 0 Å². The lowest BCUT2D eigenvalue weighted by Gasteiger charge is -2.13. The SMILES string of the molecule is NCC(NC1CC1)c1cc(Br)c(Br)o1. The summed E-state index contributed by atoms with van der Waals surface area (Å²) in [6.07, 6.45) is 2.50. The van der Waals surface area contributed by atoms with Gasteiger partial charge in [-0.05, 0) is 50.8 Å². The van der Waals surface area contributed by atoms with Gasteiger partial charge in [0.1, 0.15) is 5.76 Å². The zero-order valence-electron chi connectivity index (χ0n) is 7.59. The first-order valence-electron chi connectivity index (χ1n) is 4.61. The standard InChI is InChI=1S/C9H12Br2N2O/c10-6-3-8(14-9(6)11)7(4-12)13-5-1-2-5/h3,5,7,13H,1-2,4,12H2. The van der Waals surface area contributed by atoms with E-state index in [1.807, 2.05) is 6.07 Å². The molecule has 1 heterocycles. The number of rotatable bonds is 4. The maximum absolute atomic E-state index is 5.69. The van der Waals surface area contributed by atoms with E-state index in [0.717, 1.165) is 14.9 Å². The first kappa shape index (κ1) is 10.7. The van der Waals surface area contributed by atoms with E-state index in [0.29, 0.717) is 12.6 Å². The van der Waals surface area contributed by atoms with Crippen molar-refractivity contribution >= 4 is 31.9 Å². The summed E-state index contributed by atoms with van der Waals surface area (Å²) in [5, 5.41) is 3.44. The molecule has 5 heteroatoms. The summed E-state index contributed by atoms with van der Waals surface area (Å²) in [5.74, 6) is 0.887. The summed E-state index contributed by atoms with van der Waals surface area (Å²) in [6, 6.07) is 2.72. The third-order valence-electron chi connectivity index (χ3n) is 2.26. The van der Waals surface area contributed by atoms with E-state index in [2.05, 4.69) is 37.2 Å². The van der Waals surface area contributed by atoms with Crippen molar-refractivity contribution < 1.29 is 4.42 Å². The molecule has 14 heavy (non-hydrogen) atoms. The van der Waals surface area contributed by atoms with Crippen LogP contribution in [0.25, 0.3) is 0 Å². The van der Waals surface area contributed by atoms with Crippen molar-refractivity contribution in [1.29, 1.82) is 0 Å². The molecule has 0 aromatic carbocycles. The number of nitrogens with one attached hydrogen (secondary N) is 1. The fraction of sp³-hybridized carbons (Fsp3) is 0.556. The van der Waals surface area contributed by atoms with E-state index in [1.165, 1.54) is 12.8 Å². The first-order valence-corrected chi connectivity index (χ1v) is 6.20. The molecule has 1 aliphatic rings. The zero-order chi connectivity index (χ0) is 10.1. The number of hydrogen-bond acceptors (Lipinski definition) is 3. The average molecular weight is 324 g/mol. The van der Waals surface area contributed by atoms with E-state index in [4.69, 9.17) is 10.2 Å². The van der Waals surface area contributed by atoms with E-state index in [9.17, 15) is 0 Å². The second-order valence-electron chi connectivity index (χ2n) is 3.50. The van der Waals surface area contributed by atoms with Crippen molar-refractivity contribution in [3.8, 4) is 0 Å². The highest BCUT2D eigenvalue weighted by Gasteiger charge is 2.26. The number of furan rings is 1. The zero-order valence-corrected chi connectivity index (χ0v) is 10.8. The molecule has 1 aromatic heterocycles. The van der Waals surface area contributed by atoms with Gasteiger partial charge in [-0.25, -0.2) is 0 Å². The second-order valence-corrected chi connectivity index (χ2v) is 5.07. The van der Waals surface area contributed by atoms with Gasteiger partial charge in [-0.3, -0.25) is 0 Å². The fourth-order valence-electron chi connectivity index (χ4n) is 1.34. The van der Waals surface area contributed by atoms with E-state index in [-0.39, 0.29) is 6.04 Å². The summed E-state index contributed by atoms with van der Waals surface area (Å²) in [4.78, 5) is 0. The Bertz CT molecular complexity index is 303. The van der Waals surface area contributed by atoms with Gasteiger partial charge in [0, 0.05) is 12.6 Å². The van der Waals surface area contributed by atoms with E-state index in [1.54, 1.807) is 0 Å². The van der Waals surface area contributed by atoms with Crippen molar-refractivity contribution in [2.24, 2.45) is 5.73 Å². The molecule has 0 aliphatic heterocycles. The topological polar surface area (TPSA) is 51.2 Å². The monoisotopic (exact) mass is 322 g/mol. The molecule has 1 atom stereocenters. The number of nitrogens with two attached hydrogens (primary N) is 1. The van der Waals surface area contributed by atoms with Crippen molar-refractivity contribution in [3.63, 3.8) is 0 Å². The fourth-order valence-corrected chi connectivity index (χ4v) is 1.94. The van der Waals surface area contributed by atoms with Crippen LogP contribution in [0.1, 0.15) is 24.6 Å². The largest absolute Gasteiger partial charge is 0.451 e. The molecule has 0 spiro atoms. The molecule has 1 unspecified atom stereocenters. The normalized spacial score (nSPS) is 18.5. The van der Waals surface area contributed by atoms with Crippen LogP contribution in [0.5, 0.6) is 0 Å². The minimum Gasteiger partial charge on any atom is -0.451 e. The minimum atomic E-state index is 0.130. The highest BCUT2D eigenvalue weighted by Crippen LogP contribution is 2.31. The Labute approximate surface area is 99.7 Å². The van der Waals surface area contributed by atoms with Crippen LogP contribution >= 0.6 is 31.9 Å². The molecule has 1 aromatic rings. The summed E-state index contributed by atoms with van der Waals surface area (Å²) in [7, 11) is 0. The van der Waals surface area contributed by atoms with Gasteiger partial charge in [-0.15, -0.1) is 0 Å². The quantitative estimate of drug-likeness (QED) is 0.895. The van der Waals surface area contributed by atoms with Gasteiger partial charge in [0.05, 0.1) is 10.5 Å². The Morgan fingerprint density at radius 1 is 1.57 bits per heavy atom. The maximum atomic E-state index is 5.69. The summed E-state index contributed by atoms with van der Waals surface area (Å²) < 4.78 is 7.18. The Morgan fingerprint density at radius 3 is 2.71 bits per heavy atom. The summed E-state index contributed by atoms with van der Waals surface area (Å²) in [5.41, 5.74) is 5.69. The molecule has 0 bridgehead atoms. The van der Waals surface area contributed by atoms with Crippen LogP contribution in [0.2, 0.25) is 0 Å². The van der Waals surface area contributed by atoms with Crippen LogP contribution < -0.4 is 11.1 Å². The second kappa shape index (κ2) is 4.35. The lowest BCUT2D eigenvalue weighted by atomic mass is 10.2. The highest BCUT2D eigenvalue weighted by atomic mass is 79.9. The molecule has 0 amide bonds. The highest BCUT2D eigenvalue weighted by molar-refractivity contribution is 9.13. The van der Waals surface area contributed by atoms with Gasteiger partial charge in [0.2, 0.25) is 0 Å². The molecular weight excluding hydrogens is 312 g/mol. The number of halogens is 2. The molecule has 0 saturated heterocycles. The Kier molecular flexibility index (Phi) is 3.31. The third kappa shape index (κ3) is 2.39. The molecule has 3 nitrogen and oxygen atoms in total. The molecule has 3 N–H and O–H groups in total. The van der Waals surface area contributed by atoms with Gasteiger partial charge >= 0.3 is 0 Å². The average Bonchev–Trinajstić information content (AvgIpc) is 2.91. The molecule has 2 rings (SSSR count). The van der Waals surface area contributed by atoms with Crippen LogP contribution in [-0.4, -0.2) is 12.6 Å².